The van der Waals surface area contributed by atoms with Crippen molar-refractivity contribution in [1.82, 2.24) is 0 Å². The predicted octanol–water partition coefficient (Wildman–Crippen LogP) is 2.37. The number of halogens is 3. The van der Waals surface area contributed by atoms with E-state index in [1.54, 1.807) is 6.92 Å². The van der Waals surface area contributed by atoms with Crippen molar-refractivity contribution in [2.75, 3.05) is 13.1 Å². The molecular weight excluding hydrogens is 269 g/mol. The van der Waals surface area contributed by atoms with Crippen molar-refractivity contribution in [3.05, 3.63) is 0 Å². The third kappa shape index (κ3) is 8.60. The van der Waals surface area contributed by atoms with Crippen LogP contribution in [0, 0.1) is 5.92 Å². The maximum absolute atomic E-state index is 12.0. The van der Waals surface area contributed by atoms with Crippen LogP contribution in [0.4, 0.5) is 13.2 Å². The minimum absolute atomic E-state index is 0.0542. The number of nitrogens with two attached hydrogens (primary N) is 1. The van der Waals surface area contributed by atoms with Gasteiger partial charge in [-0.3, -0.25) is 4.79 Å². The van der Waals surface area contributed by atoms with Crippen molar-refractivity contribution in [3.63, 3.8) is 0 Å². The molecule has 0 aromatic rings. The van der Waals surface area contributed by atoms with E-state index >= 15 is 0 Å². The van der Waals surface area contributed by atoms with E-state index in [0.717, 1.165) is 0 Å². The van der Waals surface area contributed by atoms with Gasteiger partial charge >= 0.3 is 12.1 Å². The Labute approximate surface area is 110 Å². The Bertz CT molecular complexity index is 272. The summed E-state index contributed by atoms with van der Waals surface area (Å²) in [6.07, 6.45) is -4.45. The predicted molar refractivity (Wildman–Crippen MR) is 64.5 cm³/mol. The number of rotatable bonds is 8. The molecule has 0 heterocycles. The summed E-state index contributed by atoms with van der Waals surface area (Å²) in [5.41, 5.74) is 0. The van der Waals surface area contributed by atoms with E-state index in [-0.39, 0.29) is 23.5 Å². The molecule has 4 nitrogen and oxygen atoms in total. The van der Waals surface area contributed by atoms with Crippen LogP contribution in [-0.2, 0) is 4.79 Å². The number of carbonyl (C=O) groups is 1. The average molecular weight is 289 g/mol. The van der Waals surface area contributed by atoms with Crippen molar-refractivity contribution in [3.8, 4) is 0 Å². The van der Waals surface area contributed by atoms with Gasteiger partial charge < -0.3 is 5.11 Å². The quantitative estimate of drug-likeness (QED) is 0.278. The molecule has 0 aromatic heterocycles. The SMILES string of the molecule is CCC(CC[N+](N)(S)CCCC(F)(F)F)C(=O)O. The Morgan fingerprint density at radius 3 is 2.39 bits per heavy atom. The molecule has 3 N–H and O–H groups in total. The van der Waals surface area contributed by atoms with E-state index in [1.807, 2.05) is 0 Å². The summed E-state index contributed by atoms with van der Waals surface area (Å²) in [4.78, 5) is 10.8. The molecule has 2 atom stereocenters. The first-order valence-corrected chi connectivity index (χ1v) is 6.15. The first-order chi connectivity index (χ1) is 8.07. The Kier molecular flexibility index (Phi) is 7.01. The average Bonchev–Trinajstić information content (AvgIpc) is 2.15. The molecule has 0 spiro atoms. The molecule has 2 unspecified atom stereocenters. The normalized spacial score (nSPS) is 17.2. The van der Waals surface area contributed by atoms with Crippen molar-refractivity contribution in [1.29, 1.82) is 0 Å². The number of nitrogens with zero attached hydrogens (tertiary/aromatic N) is 1. The Hall–Kier alpha value is -0.470. The summed E-state index contributed by atoms with van der Waals surface area (Å²) in [7, 11) is 0. The van der Waals surface area contributed by atoms with E-state index in [4.69, 9.17) is 10.9 Å². The number of aliphatic carboxylic acids is 1. The second-order valence-electron chi connectivity index (χ2n) is 4.39. The second kappa shape index (κ2) is 7.20. The highest BCUT2D eigenvalue weighted by Gasteiger charge is 2.29. The fourth-order valence-corrected chi connectivity index (χ4v) is 1.80. The molecule has 0 aliphatic rings. The van der Waals surface area contributed by atoms with Crippen LogP contribution in [0.1, 0.15) is 32.6 Å². The van der Waals surface area contributed by atoms with Gasteiger partial charge in [0.25, 0.3) is 0 Å². The maximum Gasteiger partial charge on any atom is 0.389 e. The second-order valence-corrected chi connectivity index (χ2v) is 5.18. The molecule has 18 heavy (non-hydrogen) atoms. The molecule has 0 saturated carbocycles. The largest absolute Gasteiger partial charge is 0.481 e. The lowest BCUT2D eigenvalue weighted by Crippen LogP contribution is -2.48. The van der Waals surface area contributed by atoms with Crippen molar-refractivity contribution in [2.45, 2.75) is 38.8 Å². The molecule has 0 rings (SSSR count). The number of hydrogen-bond acceptors (Lipinski definition) is 3. The van der Waals surface area contributed by atoms with Crippen LogP contribution in [0.25, 0.3) is 0 Å². The molecule has 0 aromatic carbocycles. The summed E-state index contributed by atoms with van der Waals surface area (Å²) in [6.45, 7) is 2.02. The lowest BCUT2D eigenvalue weighted by atomic mass is 10.0. The molecule has 0 amide bonds. The Morgan fingerprint density at radius 2 is 2.00 bits per heavy atom. The highest BCUT2D eigenvalue weighted by atomic mass is 32.1. The van der Waals surface area contributed by atoms with Crippen LogP contribution in [0.15, 0.2) is 0 Å². The van der Waals surface area contributed by atoms with Crippen LogP contribution >= 0.6 is 12.8 Å². The molecule has 0 radical (unpaired) electrons. The zero-order chi connectivity index (χ0) is 14.4. The molecular formula is C10H20F3N2O2S+. The van der Waals surface area contributed by atoms with Gasteiger partial charge in [-0.2, -0.15) is 23.0 Å². The summed E-state index contributed by atoms with van der Waals surface area (Å²) in [5.74, 6) is 4.25. The highest BCUT2D eigenvalue weighted by Crippen LogP contribution is 2.23. The Morgan fingerprint density at radius 1 is 1.44 bits per heavy atom. The number of alkyl halides is 3. The van der Waals surface area contributed by atoms with E-state index in [1.165, 1.54) is 0 Å². The van der Waals surface area contributed by atoms with Crippen LogP contribution in [-0.4, -0.2) is 34.3 Å². The molecule has 0 aliphatic carbocycles. The molecule has 0 aliphatic heterocycles. The molecule has 0 bridgehead atoms. The maximum atomic E-state index is 12.0. The van der Waals surface area contributed by atoms with Gasteiger partial charge in [0.15, 0.2) is 0 Å². The highest BCUT2D eigenvalue weighted by molar-refractivity contribution is 7.74. The molecule has 0 fully saturated rings. The number of thiol groups is 1. The fraction of sp³-hybridized carbons (Fsp3) is 0.900. The topological polar surface area (TPSA) is 63.3 Å². The Balaban J connectivity index is 4.03. The summed E-state index contributed by atoms with van der Waals surface area (Å²) in [5, 5.41) is 8.83. The van der Waals surface area contributed by atoms with E-state index in [2.05, 4.69) is 12.8 Å². The summed E-state index contributed by atoms with van der Waals surface area (Å²) in [6, 6.07) is 0. The van der Waals surface area contributed by atoms with Gasteiger partial charge in [0.1, 0.15) is 13.1 Å². The monoisotopic (exact) mass is 289 g/mol. The van der Waals surface area contributed by atoms with Gasteiger partial charge in [0.05, 0.1) is 18.7 Å². The smallest absolute Gasteiger partial charge is 0.389 e. The van der Waals surface area contributed by atoms with Gasteiger partial charge in [-0.1, -0.05) is 6.92 Å². The van der Waals surface area contributed by atoms with Gasteiger partial charge in [-0.25, -0.2) is 0 Å². The minimum Gasteiger partial charge on any atom is -0.481 e. The van der Waals surface area contributed by atoms with Crippen molar-refractivity contribution >= 4 is 18.8 Å². The first-order valence-electron chi connectivity index (χ1n) is 5.75. The summed E-state index contributed by atoms with van der Waals surface area (Å²) >= 11 is 4.05. The van der Waals surface area contributed by atoms with Gasteiger partial charge in [-0.15, -0.1) is 0 Å². The molecule has 8 heteroatoms. The third-order valence-corrected chi connectivity index (χ3v) is 3.11. The van der Waals surface area contributed by atoms with Crippen LogP contribution < -0.4 is 5.84 Å². The van der Waals surface area contributed by atoms with Gasteiger partial charge in [0.2, 0.25) is 0 Å². The summed E-state index contributed by atoms with van der Waals surface area (Å²) < 4.78 is 35.5. The van der Waals surface area contributed by atoms with Crippen molar-refractivity contribution < 1.29 is 27.1 Å². The van der Waals surface area contributed by atoms with Gasteiger partial charge in [-0.05, 0) is 6.42 Å². The zero-order valence-electron chi connectivity index (χ0n) is 10.3. The third-order valence-electron chi connectivity index (χ3n) is 2.71. The number of hydrogen-bond donors (Lipinski definition) is 3. The van der Waals surface area contributed by atoms with Crippen LogP contribution in [0.5, 0.6) is 0 Å². The van der Waals surface area contributed by atoms with Gasteiger partial charge in [0, 0.05) is 19.3 Å². The lowest BCUT2D eigenvalue weighted by Gasteiger charge is -2.26. The first kappa shape index (κ1) is 17.5. The molecule has 108 valence electrons. The zero-order valence-corrected chi connectivity index (χ0v) is 11.2. The van der Waals surface area contributed by atoms with E-state index in [9.17, 15) is 18.0 Å². The minimum atomic E-state index is -4.19. The lowest BCUT2D eigenvalue weighted by molar-refractivity contribution is -0.805. The van der Waals surface area contributed by atoms with Crippen LogP contribution in [0.2, 0.25) is 0 Å². The van der Waals surface area contributed by atoms with E-state index in [0.29, 0.717) is 12.8 Å². The number of carboxylic acids is 1. The molecule has 0 saturated heterocycles. The fourth-order valence-electron chi connectivity index (χ4n) is 1.55. The standard InChI is InChI=1S/C10H19F3N2O2S/c1-2-8(9(16)17)4-7-15(14,18)6-3-5-10(11,12)13/h8,18H,2-7,14H2,1H3/p+1. The van der Waals surface area contributed by atoms with E-state index < -0.39 is 24.5 Å². The van der Waals surface area contributed by atoms with Crippen molar-refractivity contribution in [2.24, 2.45) is 11.8 Å². The van der Waals surface area contributed by atoms with Crippen LogP contribution in [0.3, 0.4) is 0 Å². The number of quaternary nitrogens is 1. The number of carboxylic acid groups (broad SMARTS) is 1.